The topological polar surface area (TPSA) is 75.4 Å². The van der Waals surface area contributed by atoms with E-state index in [0.29, 0.717) is 19.6 Å². The summed E-state index contributed by atoms with van der Waals surface area (Å²) in [6, 6.07) is 0.0742. The smallest absolute Gasteiger partial charge is 0.279 e. The van der Waals surface area contributed by atoms with Crippen molar-refractivity contribution < 1.29 is 8.42 Å². The molecular weight excluding hydrogens is 262 g/mol. The Kier molecular flexibility index (Phi) is 6.38. The van der Waals surface area contributed by atoms with E-state index in [1.807, 2.05) is 20.8 Å². The predicted octanol–water partition coefficient (Wildman–Crippen LogP) is 0.712. The van der Waals surface area contributed by atoms with Crippen molar-refractivity contribution in [2.24, 2.45) is 11.1 Å². The predicted molar refractivity (Wildman–Crippen MR) is 72.4 cm³/mol. The fraction of sp³-hybridized carbons (Fsp3) is 1.00. The maximum absolute atomic E-state index is 11.9. The van der Waals surface area contributed by atoms with Gasteiger partial charge in [0.2, 0.25) is 0 Å². The molecular formula is C10H24ClN3O2S. The molecule has 0 aromatic heterocycles. The van der Waals surface area contributed by atoms with E-state index in [1.165, 1.54) is 4.31 Å². The van der Waals surface area contributed by atoms with Crippen molar-refractivity contribution >= 4 is 22.6 Å². The van der Waals surface area contributed by atoms with E-state index in [0.717, 1.165) is 12.8 Å². The Morgan fingerprint density at radius 3 is 2.53 bits per heavy atom. The number of hydrogen-bond donors (Lipinski definition) is 2. The van der Waals surface area contributed by atoms with Crippen molar-refractivity contribution in [3.8, 4) is 0 Å². The molecule has 0 aromatic carbocycles. The van der Waals surface area contributed by atoms with Crippen molar-refractivity contribution in [3.63, 3.8) is 0 Å². The molecule has 1 aliphatic heterocycles. The molecule has 0 bridgehead atoms. The molecule has 5 nitrogen and oxygen atoms in total. The standard InChI is InChI=1S/C10H23N3O2S.ClH/c1-4-6-12-16(14,15)13-7-5-9(11)10(2,3)8-13;/h9,12H,4-8,11H2,1-3H3;1H. The Hall–Kier alpha value is 0.120. The molecule has 0 saturated carbocycles. The highest BCUT2D eigenvalue weighted by atomic mass is 35.5. The summed E-state index contributed by atoms with van der Waals surface area (Å²) in [7, 11) is -3.31. The van der Waals surface area contributed by atoms with E-state index in [1.54, 1.807) is 0 Å². The molecule has 0 spiro atoms. The first-order valence-electron chi connectivity index (χ1n) is 5.80. The van der Waals surface area contributed by atoms with Gasteiger partial charge in [-0.15, -0.1) is 12.4 Å². The summed E-state index contributed by atoms with van der Waals surface area (Å²) in [6.45, 7) is 7.47. The van der Waals surface area contributed by atoms with E-state index >= 15 is 0 Å². The Morgan fingerprint density at radius 1 is 1.47 bits per heavy atom. The van der Waals surface area contributed by atoms with Gasteiger partial charge >= 0.3 is 0 Å². The molecule has 0 amide bonds. The average Bonchev–Trinajstić information content (AvgIpc) is 2.19. The number of piperidine rings is 1. The van der Waals surface area contributed by atoms with Crippen LogP contribution >= 0.6 is 12.4 Å². The third kappa shape index (κ3) is 4.37. The summed E-state index contributed by atoms with van der Waals surface area (Å²) >= 11 is 0. The zero-order valence-electron chi connectivity index (χ0n) is 10.8. The Labute approximate surface area is 111 Å². The van der Waals surface area contributed by atoms with Crippen molar-refractivity contribution in [1.82, 2.24) is 9.03 Å². The third-order valence-corrected chi connectivity index (χ3v) is 4.71. The molecule has 1 rings (SSSR count). The van der Waals surface area contributed by atoms with Gasteiger partial charge in [-0.05, 0) is 18.3 Å². The van der Waals surface area contributed by atoms with E-state index in [4.69, 9.17) is 5.73 Å². The lowest BCUT2D eigenvalue weighted by Crippen LogP contribution is -2.56. The summed E-state index contributed by atoms with van der Waals surface area (Å²) in [6.07, 6.45) is 1.52. The SMILES string of the molecule is CCCNS(=O)(=O)N1CCC(N)C(C)(C)C1.Cl. The first-order valence-corrected chi connectivity index (χ1v) is 7.24. The number of rotatable bonds is 4. The number of nitrogens with two attached hydrogens (primary N) is 1. The summed E-state index contributed by atoms with van der Waals surface area (Å²) in [5.74, 6) is 0. The molecule has 1 fully saturated rings. The lowest BCUT2D eigenvalue weighted by Gasteiger charge is -2.41. The zero-order valence-corrected chi connectivity index (χ0v) is 12.4. The van der Waals surface area contributed by atoms with Gasteiger partial charge in [-0.2, -0.15) is 12.7 Å². The van der Waals surface area contributed by atoms with Crippen LogP contribution < -0.4 is 10.5 Å². The molecule has 1 aliphatic rings. The zero-order chi connectivity index (χ0) is 12.4. The van der Waals surface area contributed by atoms with Gasteiger partial charge in [0.15, 0.2) is 0 Å². The molecule has 17 heavy (non-hydrogen) atoms. The van der Waals surface area contributed by atoms with Crippen molar-refractivity contribution in [3.05, 3.63) is 0 Å². The molecule has 104 valence electrons. The largest absolute Gasteiger partial charge is 0.327 e. The highest BCUT2D eigenvalue weighted by molar-refractivity contribution is 7.87. The lowest BCUT2D eigenvalue weighted by atomic mass is 9.81. The number of nitrogens with zero attached hydrogens (tertiary/aromatic N) is 1. The van der Waals surface area contributed by atoms with Gasteiger partial charge < -0.3 is 5.73 Å². The average molecular weight is 286 g/mol. The maximum atomic E-state index is 11.9. The molecule has 1 heterocycles. The fourth-order valence-corrected chi connectivity index (χ4v) is 3.35. The van der Waals surface area contributed by atoms with Gasteiger partial charge in [-0.3, -0.25) is 0 Å². The summed E-state index contributed by atoms with van der Waals surface area (Å²) in [5, 5.41) is 0. The van der Waals surface area contributed by atoms with Crippen LogP contribution in [0, 0.1) is 5.41 Å². The van der Waals surface area contributed by atoms with E-state index in [-0.39, 0.29) is 23.9 Å². The van der Waals surface area contributed by atoms with Crippen molar-refractivity contribution in [2.45, 2.75) is 39.7 Å². The quantitative estimate of drug-likeness (QED) is 0.799. The minimum absolute atomic E-state index is 0. The minimum Gasteiger partial charge on any atom is -0.327 e. The number of hydrogen-bond acceptors (Lipinski definition) is 3. The van der Waals surface area contributed by atoms with Gasteiger partial charge in [0.05, 0.1) is 0 Å². The van der Waals surface area contributed by atoms with E-state index < -0.39 is 10.2 Å². The second kappa shape index (κ2) is 6.33. The highest BCUT2D eigenvalue weighted by Gasteiger charge is 2.37. The van der Waals surface area contributed by atoms with Crippen LogP contribution in [0.2, 0.25) is 0 Å². The van der Waals surface area contributed by atoms with Crippen LogP contribution in [0.4, 0.5) is 0 Å². The first kappa shape index (κ1) is 17.1. The van der Waals surface area contributed by atoms with Gasteiger partial charge in [0.1, 0.15) is 0 Å². The molecule has 0 radical (unpaired) electrons. The maximum Gasteiger partial charge on any atom is 0.279 e. The van der Waals surface area contributed by atoms with Crippen molar-refractivity contribution in [1.29, 1.82) is 0 Å². The lowest BCUT2D eigenvalue weighted by molar-refractivity contribution is 0.154. The third-order valence-electron chi connectivity index (χ3n) is 3.15. The fourth-order valence-electron chi connectivity index (χ4n) is 1.85. The molecule has 1 saturated heterocycles. The normalized spacial score (nSPS) is 25.3. The monoisotopic (exact) mass is 285 g/mol. The number of nitrogens with one attached hydrogen (secondary N) is 1. The minimum atomic E-state index is -3.31. The van der Waals surface area contributed by atoms with Crippen LogP contribution in [-0.2, 0) is 10.2 Å². The second-order valence-electron chi connectivity index (χ2n) is 5.12. The van der Waals surface area contributed by atoms with Crippen LogP contribution in [0.1, 0.15) is 33.6 Å². The summed E-state index contributed by atoms with van der Waals surface area (Å²) < 4.78 is 27.9. The van der Waals surface area contributed by atoms with Crippen LogP contribution in [0.5, 0.6) is 0 Å². The van der Waals surface area contributed by atoms with Gasteiger partial charge in [-0.25, -0.2) is 4.72 Å². The van der Waals surface area contributed by atoms with Crippen molar-refractivity contribution in [2.75, 3.05) is 19.6 Å². The molecule has 1 unspecified atom stereocenters. The highest BCUT2D eigenvalue weighted by Crippen LogP contribution is 2.28. The molecule has 0 aliphatic carbocycles. The van der Waals surface area contributed by atoms with Gasteiger partial charge in [0.25, 0.3) is 10.2 Å². The summed E-state index contributed by atoms with van der Waals surface area (Å²) in [4.78, 5) is 0. The van der Waals surface area contributed by atoms with E-state index in [2.05, 4.69) is 4.72 Å². The van der Waals surface area contributed by atoms with Crippen LogP contribution in [0.15, 0.2) is 0 Å². The van der Waals surface area contributed by atoms with Crippen LogP contribution in [-0.4, -0.2) is 38.4 Å². The molecule has 3 N–H and O–H groups in total. The van der Waals surface area contributed by atoms with E-state index in [9.17, 15) is 8.42 Å². The molecule has 0 aromatic rings. The first-order chi connectivity index (χ1) is 7.29. The molecule has 7 heteroatoms. The van der Waals surface area contributed by atoms with Gasteiger partial charge in [-0.1, -0.05) is 20.8 Å². The summed E-state index contributed by atoms with van der Waals surface area (Å²) in [5.41, 5.74) is 5.82. The number of halogens is 1. The van der Waals surface area contributed by atoms with Crippen LogP contribution in [0.25, 0.3) is 0 Å². The Bertz CT molecular complexity index is 332. The van der Waals surface area contributed by atoms with Crippen LogP contribution in [0.3, 0.4) is 0 Å². The Balaban J connectivity index is 0.00000256. The Morgan fingerprint density at radius 2 is 2.06 bits per heavy atom. The molecule has 1 atom stereocenters. The second-order valence-corrected chi connectivity index (χ2v) is 6.87. The van der Waals surface area contributed by atoms with Gasteiger partial charge in [0, 0.05) is 25.7 Å².